The summed E-state index contributed by atoms with van der Waals surface area (Å²) in [5, 5.41) is 12.4. The fourth-order valence-electron chi connectivity index (χ4n) is 1.51. The van der Waals surface area contributed by atoms with E-state index in [1.54, 1.807) is 7.11 Å². The third-order valence-electron chi connectivity index (χ3n) is 2.51. The number of nitrogens with one attached hydrogen (secondary N) is 2. The summed E-state index contributed by atoms with van der Waals surface area (Å²) in [6.07, 6.45) is 2.15. The van der Waals surface area contributed by atoms with E-state index in [0.717, 1.165) is 17.7 Å². The molecule has 0 spiro atoms. The topological polar surface area (TPSA) is 79.9 Å². The average Bonchev–Trinajstić information content (AvgIpc) is 2.93. The van der Waals surface area contributed by atoms with Gasteiger partial charge in [-0.15, -0.1) is 0 Å². The van der Waals surface area contributed by atoms with Crippen molar-refractivity contribution in [2.24, 2.45) is 0 Å². The molecule has 94 valence electrons. The lowest BCUT2D eigenvalue weighted by atomic mass is 10.1. The maximum absolute atomic E-state index is 11.5. The number of rotatable bonds is 5. The molecule has 1 aromatic heterocycles. The van der Waals surface area contributed by atoms with Gasteiger partial charge in [-0.2, -0.15) is 15.4 Å². The second-order valence-electron chi connectivity index (χ2n) is 3.71. The summed E-state index contributed by atoms with van der Waals surface area (Å²) in [7, 11) is 1.63. The van der Waals surface area contributed by atoms with Gasteiger partial charge >= 0.3 is 0 Å². The number of hydrogen-bond acceptors (Lipinski definition) is 4. The lowest BCUT2D eigenvalue weighted by Gasteiger charge is -2.04. The third kappa shape index (κ3) is 3.07. The molecule has 0 saturated heterocycles. The first-order valence-corrected chi connectivity index (χ1v) is 5.56. The van der Waals surface area contributed by atoms with Crippen LogP contribution in [0.15, 0.2) is 30.5 Å². The Morgan fingerprint density at radius 2 is 2.17 bits per heavy atom. The van der Waals surface area contributed by atoms with E-state index in [0.29, 0.717) is 12.2 Å². The second kappa shape index (κ2) is 5.81. The molecule has 6 heteroatoms. The number of carbonyl (C=O) groups excluding carboxylic acids is 1. The summed E-state index contributed by atoms with van der Waals surface area (Å²) in [6, 6.07) is 7.74. The molecule has 0 aliphatic rings. The summed E-state index contributed by atoms with van der Waals surface area (Å²) in [5.41, 5.74) is 1.43. The number of hydrogen-bond donors (Lipinski definition) is 2. The number of aromatic nitrogens is 3. The van der Waals surface area contributed by atoms with E-state index >= 15 is 0 Å². The highest BCUT2D eigenvalue weighted by Crippen LogP contribution is 2.11. The molecule has 1 heterocycles. The van der Waals surface area contributed by atoms with E-state index in [-0.39, 0.29) is 5.91 Å². The third-order valence-corrected chi connectivity index (χ3v) is 2.51. The fourth-order valence-corrected chi connectivity index (χ4v) is 1.51. The number of benzene rings is 1. The van der Waals surface area contributed by atoms with Gasteiger partial charge < -0.3 is 10.1 Å². The predicted octanol–water partition coefficient (Wildman–Crippen LogP) is 0.786. The number of amides is 1. The van der Waals surface area contributed by atoms with E-state index in [2.05, 4.69) is 20.7 Å². The van der Waals surface area contributed by atoms with E-state index < -0.39 is 0 Å². The van der Waals surface area contributed by atoms with Crippen LogP contribution in [0.3, 0.4) is 0 Å². The van der Waals surface area contributed by atoms with Gasteiger partial charge in [0, 0.05) is 6.54 Å². The smallest absolute Gasteiger partial charge is 0.273 e. The predicted molar refractivity (Wildman–Crippen MR) is 65.4 cm³/mol. The molecular weight excluding hydrogens is 232 g/mol. The molecule has 0 fully saturated rings. The molecule has 2 N–H and O–H groups in total. The molecule has 2 aromatic rings. The van der Waals surface area contributed by atoms with Crippen molar-refractivity contribution in [2.75, 3.05) is 13.7 Å². The molecule has 18 heavy (non-hydrogen) atoms. The minimum absolute atomic E-state index is 0.225. The minimum Gasteiger partial charge on any atom is -0.497 e. The van der Waals surface area contributed by atoms with Gasteiger partial charge in [0.1, 0.15) is 5.75 Å². The lowest BCUT2D eigenvalue weighted by Crippen LogP contribution is -2.26. The molecule has 1 aromatic carbocycles. The number of ether oxygens (including phenoxy) is 1. The molecular formula is C12H14N4O2. The second-order valence-corrected chi connectivity index (χ2v) is 3.71. The SMILES string of the molecule is COc1ccc(CCNC(=O)c2cn[nH]n2)cc1. The van der Waals surface area contributed by atoms with Crippen LogP contribution in [0.5, 0.6) is 5.75 Å². The van der Waals surface area contributed by atoms with Crippen molar-refractivity contribution >= 4 is 5.91 Å². The molecule has 2 rings (SSSR count). The largest absolute Gasteiger partial charge is 0.497 e. The van der Waals surface area contributed by atoms with Crippen molar-refractivity contribution in [3.8, 4) is 5.75 Å². The molecule has 0 aliphatic carbocycles. The van der Waals surface area contributed by atoms with Gasteiger partial charge in [-0.3, -0.25) is 4.79 Å². The minimum atomic E-state index is -0.225. The van der Waals surface area contributed by atoms with Crippen LogP contribution in [0.4, 0.5) is 0 Å². The monoisotopic (exact) mass is 246 g/mol. The van der Waals surface area contributed by atoms with Crippen LogP contribution in [0.2, 0.25) is 0 Å². The molecule has 0 saturated carbocycles. The normalized spacial score (nSPS) is 10.1. The first-order valence-electron chi connectivity index (χ1n) is 5.56. The molecule has 0 atom stereocenters. The zero-order valence-electron chi connectivity index (χ0n) is 10.0. The molecule has 0 radical (unpaired) electrons. The first kappa shape index (κ1) is 12.1. The van der Waals surface area contributed by atoms with Gasteiger partial charge in [-0.05, 0) is 24.1 Å². The van der Waals surface area contributed by atoms with E-state index in [1.165, 1.54) is 6.20 Å². The van der Waals surface area contributed by atoms with Crippen molar-refractivity contribution in [1.29, 1.82) is 0 Å². The summed E-state index contributed by atoms with van der Waals surface area (Å²) in [4.78, 5) is 11.5. The zero-order valence-corrected chi connectivity index (χ0v) is 10.0. The number of aromatic amines is 1. The van der Waals surface area contributed by atoms with E-state index in [9.17, 15) is 4.79 Å². The number of H-pyrrole nitrogens is 1. The summed E-state index contributed by atoms with van der Waals surface area (Å²) >= 11 is 0. The number of nitrogens with zero attached hydrogens (tertiary/aromatic N) is 2. The highest BCUT2D eigenvalue weighted by atomic mass is 16.5. The van der Waals surface area contributed by atoms with Crippen molar-refractivity contribution in [3.63, 3.8) is 0 Å². The highest BCUT2D eigenvalue weighted by Gasteiger charge is 2.06. The van der Waals surface area contributed by atoms with Gasteiger partial charge in [-0.25, -0.2) is 0 Å². The Morgan fingerprint density at radius 1 is 1.39 bits per heavy atom. The molecule has 0 unspecified atom stereocenters. The number of carbonyl (C=O) groups is 1. The molecule has 0 bridgehead atoms. The highest BCUT2D eigenvalue weighted by molar-refractivity contribution is 5.91. The molecule has 0 aliphatic heterocycles. The Labute approximate surface area is 104 Å². The van der Waals surface area contributed by atoms with Crippen LogP contribution in [-0.2, 0) is 6.42 Å². The van der Waals surface area contributed by atoms with Crippen LogP contribution in [0.1, 0.15) is 16.1 Å². The van der Waals surface area contributed by atoms with Crippen molar-refractivity contribution in [2.45, 2.75) is 6.42 Å². The Bertz CT molecular complexity index is 493. The average molecular weight is 246 g/mol. The van der Waals surface area contributed by atoms with E-state index in [1.807, 2.05) is 24.3 Å². The van der Waals surface area contributed by atoms with Gasteiger partial charge in [-0.1, -0.05) is 12.1 Å². The van der Waals surface area contributed by atoms with Crippen LogP contribution >= 0.6 is 0 Å². The van der Waals surface area contributed by atoms with Crippen molar-refractivity contribution < 1.29 is 9.53 Å². The fraction of sp³-hybridized carbons (Fsp3) is 0.250. The maximum Gasteiger partial charge on any atom is 0.273 e. The Balaban J connectivity index is 1.79. The quantitative estimate of drug-likeness (QED) is 0.817. The van der Waals surface area contributed by atoms with Crippen molar-refractivity contribution in [1.82, 2.24) is 20.7 Å². The Morgan fingerprint density at radius 3 is 2.78 bits per heavy atom. The summed E-state index contributed by atoms with van der Waals surface area (Å²) in [5.74, 6) is 0.600. The van der Waals surface area contributed by atoms with E-state index in [4.69, 9.17) is 4.74 Å². The zero-order chi connectivity index (χ0) is 12.8. The number of methoxy groups -OCH3 is 1. The van der Waals surface area contributed by atoms with Gasteiger partial charge in [0.25, 0.3) is 5.91 Å². The first-order chi connectivity index (χ1) is 8.79. The van der Waals surface area contributed by atoms with Gasteiger partial charge in [0.2, 0.25) is 0 Å². The van der Waals surface area contributed by atoms with Crippen LogP contribution in [0.25, 0.3) is 0 Å². The lowest BCUT2D eigenvalue weighted by molar-refractivity contribution is 0.0949. The summed E-state index contributed by atoms with van der Waals surface area (Å²) < 4.78 is 5.07. The van der Waals surface area contributed by atoms with Gasteiger partial charge in [0.15, 0.2) is 5.69 Å². The van der Waals surface area contributed by atoms with Crippen LogP contribution in [-0.4, -0.2) is 35.0 Å². The van der Waals surface area contributed by atoms with Gasteiger partial charge in [0.05, 0.1) is 13.3 Å². The molecule has 1 amide bonds. The Hall–Kier alpha value is -2.37. The molecule has 6 nitrogen and oxygen atoms in total. The maximum atomic E-state index is 11.5. The summed E-state index contributed by atoms with van der Waals surface area (Å²) in [6.45, 7) is 0.554. The van der Waals surface area contributed by atoms with Crippen molar-refractivity contribution in [3.05, 3.63) is 41.7 Å². The van der Waals surface area contributed by atoms with Crippen LogP contribution in [0, 0.1) is 0 Å². The van der Waals surface area contributed by atoms with Crippen LogP contribution < -0.4 is 10.1 Å². The standard InChI is InChI=1S/C12H14N4O2/c1-18-10-4-2-9(3-5-10)6-7-13-12(17)11-8-14-16-15-11/h2-5,8H,6-7H2,1H3,(H,13,17)(H,14,15,16). The Kier molecular flexibility index (Phi) is 3.90.